The number of nitrogens with one attached hydrogen (secondary N) is 1. The first-order valence-corrected chi connectivity index (χ1v) is 5.27. The van der Waals surface area contributed by atoms with Gasteiger partial charge in [-0.15, -0.1) is 0 Å². The zero-order valence-corrected chi connectivity index (χ0v) is 8.47. The summed E-state index contributed by atoms with van der Waals surface area (Å²) in [6.07, 6.45) is 3.95. The van der Waals surface area contributed by atoms with E-state index in [1.54, 1.807) is 0 Å². The molecule has 1 saturated carbocycles. The summed E-state index contributed by atoms with van der Waals surface area (Å²) in [5.74, 6) is 0.467. The van der Waals surface area contributed by atoms with Crippen LogP contribution in [0, 0.1) is 23.7 Å². The highest BCUT2D eigenvalue weighted by molar-refractivity contribution is 5.94. The number of fused-ring (bicyclic) bond motifs is 5. The lowest BCUT2D eigenvalue weighted by Gasteiger charge is -2.21. The van der Waals surface area contributed by atoms with Crippen LogP contribution in [0.3, 0.4) is 0 Å². The molecular weight excluding hydrogens is 194 g/mol. The number of esters is 1. The standard InChI is InChI=1S/C11H13NO3.2H2/c1-15-11(14)9-8-6-3-2-5(10(6)13)7(8)4-12-9;;/h2-3,5-9,12H,4H2,1H3;2*1H/t5-,6+,7?,8-,9-;;/m0../s1. The van der Waals surface area contributed by atoms with Gasteiger partial charge in [-0.05, 0) is 5.92 Å². The Labute approximate surface area is 90.6 Å². The highest BCUT2D eigenvalue weighted by Gasteiger charge is 2.58. The molecule has 0 aromatic rings. The largest absolute Gasteiger partial charge is 0.468 e. The van der Waals surface area contributed by atoms with Crippen LogP contribution in [0.1, 0.15) is 2.85 Å². The van der Waals surface area contributed by atoms with Gasteiger partial charge in [0.2, 0.25) is 0 Å². The molecule has 5 atom stereocenters. The first-order valence-electron chi connectivity index (χ1n) is 5.27. The first kappa shape index (κ1) is 9.09. The second-order valence-corrected chi connectivity index (χ2v) is 4.49. The average Bonchev–Trinajstić information content (AvgIpc) is 2.88. The number of hydrogen-bond acceptors (Lipinski definition) is 4. The van der Waals surface area contributed by atoms with Crippen molar-refractivity contribution in [2.75, 3.05) is 13.7 Å². The molecule has 0 aromatic carbocycles. The van der Waals surface area contributed by atoms with Crippen LogP contribution in [-0.2, 0) is 14.3 Å². The molecular formula is C11H17NO3. The summed E-state index contributed by atoms with van der Waals surface area (Å²) in [6.45, 7) is 0.752. The predicted molar refractivity (Wildman–Crippen MR) is 56.1 cm³/mol. The van der Waals surface area contributed by atoms with Gasteiger partial charge in [-0.2, -0.15) is 0 Å². The zero-order valence-electron chi connectivity index (χ0n) is 8.47. The molecule has 2 aliphatic carbocycles. The summed E-state index contributed by atoms with van der Waals surface area (Å²) >= 11 is 0. The quantitative estimate of drug-likeness (QED) is 0.498. The second-order valence-electron chi connectivity index (χ2n) is 4.49. The fraction of sp³-hybridized carbons (Fsp3) is 0.636. The Morgan fingerprint density at radius 3 is 3.00 bits per heavy atom. The van der Waals surface area contributed by atoms with Crippen molar-refractivity contribution in [3.63, 3.8) is 0 Å². The van der Waals surface area contributed by atoms with Gasteiger partial charge in [0, 0.05) is 27.2 Å². The minimum atomic E-state index is -0.288. The van der Waals surface area contributed by atoms with Crippen LogP contribution < -0.4 is 5.32 Å². The van der Waals surface area contributed by atoms with Gasteiger partial charge >= 0.3 is 5.97 Å². The number of Topliss-reactive ketones (excluding diaryl/α,β-unsaturated/α-hetero) is 1. The lowest BCUT2D eigenvalue weighted by atomic mass is 9.82. The summed E-state index contributed by atoms with van der Waals surface area (Å²) < 4.78 is 4.75. The van der Waals surface area contributed by atoms with Gasteiger partial charge in [0.25, 0.3) is 0 Å². The van der Waals surface area contributed by atoms with Gasteiger partial charge in [0.15, 0.2) is 0 Å². The average molecular weight is 211 g/mol. The first-order chi connectivity index (χ1) is 7.24. The van der Waals surface area contributed by atoms with Crippen LogP contribution in [0.4, 0.5) is 0 Å². The number of ether oxygens (including phenoxy) is 1. The Morgan fingerprint density at radius 2 is 2.27 bits per heavy atom. The fourth-order valence-corrected chi connectivity index (χ4v) is 3.31. The normalized spacial score (nSPS) is 45.9. The number of methoxy groups -OCH3 is 1. The summed E-state index contributed by atoms with van der Waals surface area (Å²) in [5.41, 5.74) is 0. The molecule has 1 aliphatic heterocycles. The molecule has 84 valence electrons. The highest BCUT2D eigenvalue weighted by Crippen LogP contribution is 2.49. The number of ketones is 1. The Bertz CT molecular complexity index is 372. The van der Waals surface area contributed by atoms with E-state index in [9.17, 15) is 9.59 Å². The number of carbonyl (C=O) groups is 2. The Kier molecular flexibility index (Phi) is 1.77. The van der Waals surface area contributed by atoms with E-state index in [0.717, 1.165) is 6.54 Å². The Hall–Kier alpha value is -1.16. The van der Waals surface area contributed by atoms with Crippen molar-refractivity contribution in [2.24, 2.45) is 23.7 Å². The van der Waals surface area contributed by atoms with Gasteiger partial charge in [-0.1, -0.05) is 12.2 Å². The number of rotatable bonds is 1. The maximum Gasteiger partial charge on any atom is 0.323 e. The summed E-state index contributed by atoms with van der Waals surface area (Å²) in [6, 6.07) is -0.288. The molecule has 2 bridgehead atoms. The maximum atomic E-state index is 11.8. The molecule has 1 unspecified atom stereocenters. The SMILES string of the molecule is COC(=O)[C@H]1NCC2[C@@H]1[C@H]1C=C[C@@H]2C1=O.[HH].[HH]. The van der Waals surface area contributed by atoms with Gasteiger partial charge in [-0.25, -0.2) is 0 Å². The van der Waals surface area contributed by atoms with E-state index in [-0.39, 0.29) is 32.6 Å². The topological polar surface area (TPSA) is 55.4 Å². The smallest absolute Gasteiger partial charge is 0.323 e. The van der Waals surface area contributed by atoms with Gasteiger partial charge in [0.05, 0.1) is 7.11 Å². The van der Waals surface area contributed by atoms with E-state index >= 15 is 0 Å². The van der Waals surface area contributed by atoms with Crippen LogP contribution in [-0.4, -0.2) is 31.4 Å². The van der Waals surface area contributed by atoms with E-state index in [2.05, 4.69) is 5.32 Å². The lowest BCUT2D eigenvalue weighted by molar-refractivity contribution is -0.144. The van der Waals surface area contributed by atoms with Gasteiger partial charge < -0.3 is 10.1 Å². The molecule has 4 nitrogen and oxygen atoms in total. The molecule has 15 heavy (non-hydrogen) atoms. The molecule has 1 N–H and O–H groups in total. The highest BCUT2D eigenvalue weighted by atomic mass is 16.5. The summed E-state index contributed by atoms with van der Waals surface area (Å²) in [5, 5.41) is 3.16. The molecule has 1 saturated heterocycles. The molecule has 2 fully saturated rings. The van der Waals surface area contributed by atoms with Crippen LogP contribution in [0.5, 0.6) is 0 Å². The third kappa shape index (κ3) is 1.00. The minimum Gasteiger partial charge on any atom is -0.468 e. The number of carbonyl (C=O) groups excluding carboxylic acids is 2. The fourth-order valence-electron chi connectivity index (χ4n) is 3.31. The third-order valence-corrected chi connectivity index (χ3v) is 3.97. The van der Waals surface area contributed by atoms with E-state index in [1.165, 1.54) is 7.11 Å². The lowest BCUT2D eigenvalue weighted by Crippen LogP contribution is -2.39. The molecule has 0 aromatic heterocycles. The zero-order chi connectivity index (χ0) is 10.6. The maximum absolute atomic E-state index is 11.8. The second kappa shape index (κ2) is 2.92. The molecule has 4 heteroatoms. The van der Waals surface area contributed by atoms with Crippen molar-refractivity contribution in [1.29, 1.82) is 0 Å². The van der Waals surface area contributed by atoms with E-state index in [0.29, 0.717) is 11.7 Å². The van der Waals surface area contributed by atoms with Crippen LogP contribution in [0.15, 0.2) is 12.2 Å². The van der Waals surface area contributed by atoms with Crippen molar-refractivity contribution in [3.05, 3.63) is 12.2 Å². The molecule has 3 rings (SSSR count). The van der Waals surface area contributed by atoms with Crippen molar-refractivity contribution < 1.29 is 17.2 Å². The van der Waals surface area contributed by atoms with E-state index in [1.807, 2.05) is 12.2 Å². The van der Waals surface area contributed by atoms with Crippen LogP contribution in [0.25, 0.3) is 0 Å². The monoisotopic (exact) mass is 211 g/mol. The molecule has 0 amide bonds. The summed E-state index contributed by atoms with van der Waals surface area (Å²) in [4.78, 5) is 23.3. The van der Waals surface area contributed by atoms with E-state index < -0.39 is 0 Å². The predicted octanol–water partition coefficient (Wildman–Crippen LogP) is 0.240. The van der Waals surface area contributed by atoms with Crippen LogP contribution >= 0.6 is 0 Å². The Balaban J connectivity index is 0.000000722. The minimum absolute atomic E-state index is 0. The number of allylic oxidation sites excluding steroid dienone is 2. The summed E-state index contributed by atoms with van der Waals surface area (Å²) in [7, 11) is 1.39. The van der Waals surface area contributed by atoms with Crippen molar-refractivity contribution in [2.45, 2.75) is 6.04 Å². The molecule has 0 radical (unpaired) electrons. The third-order valence-electron chi connectivity index (χ3n) is 3.97. The van der Waals surface area contributed by atoms with E-state index in [4.69, 9.17) is 4.74 Å². The Morgan fingerprint density at radius 1 is 1.53 bits per heavy atom. The molecule has 1 heterocycles. The number of hydrogen-bond donors (Lipinski definition) is 1. The van der Waals surface area contributed by atoms with Gasteiger partial charge in [0.1, 0.15) is 11.8 Å². The molecule has 3 aliphatic rings. The van der Waals surface area contributed by atoms with Crippen molar-refractivity contribution in [3.8, 4) is 0 Å². The van der Waals surface area contributed by atoms with Gasteiger partial charge in [-0.3, -0.25) is 9.59 Å². The van der Waals surface area contributed by atoms with Crippen molar-refractivity contribution in [1.82, 2.24) is 5.32 Å². The van der Waals surface area contributed by atoms with Crippen LogP contribution in [0.2, 0.25) is 0 Å². The van der Waals surface area contributed by atoms with Crippen molar-refractivity contribution >= 4 is 11.8 Å². The molecule has 0 spiro atoms.